The van der Waals surface area contributed by atoms with E-state index < -0.39 is 17.6 Å². The maximum Gasteiger partial charge on any atom is 0.417 e. The lowest BCUT2D eigenvalue weighted by Crippen LogP contribution is -2.28. The van der Waals surface area contributed by atoms with E-state index in [2.05, 4.69) is 20.1 Å². The fraction of sp³-hybridized carbons (Fsp3) is 0.471. The van der Waals surface area contributed by atoms with Gasteiger partial charge >= 0.3 is 6.18 Å². The summed E-state index contributed by atoms with van der Waals surface area (Å²) in [6.07, 6.45) is 0.0592. The van der Waals surface area contributed by atoms with Gasteiger partial charge in [-0.25, -0.2) is 0 Å². The molecule has 0 saturated carbocycles. The van der Waals surface area contributed by atoms with E-state index in [1.54, 1.807) is 0 Å². The van der Waals surface area contributed by atoms with E-state index in [9.17, 15) is 18.0 Å². The van der Waals surface area contributed by atoms with Gasteiger partial charge in [-0.05, 0) is 25.0 Å². The van der Waals surface area contributed by atoms with Gasteiger partial charge in [0.15, 0.2) is 0 Å². The smallest absolute Gasteiger partial charge is 0.352 e. The molecule has 8 heteroatoms. The number of fused-ring (bicyclic) bond motifs is 1. The summed E-state index contributed by atoms with van der Waals surface area (Å²) in [5.41, 5.74) is -1.29. The van der Waals surface area contributed by atoms with Gasteiger partial charge in [-0.1, -0.05) is 18.6 Å². The average molecular weight is 352 g/mol. The van der Waals surface area contributed by atoms with Crippen molar-refractivity contribution in [3.05, 3.63) is 47.0 Å². The van der Waals surface area contributed by atoms with Gasteiger partial charge in [-0.3, -0.25) is 4.79 Å². The van der Waals surface area contributed by atoms with Gasteiger partial charge in [-0.2, -0.15) is 13.2 Å². The predicted molar refractivity (Wildman–Crippen MR) is 85.1 cm³/mol. The normalized spacial score (nSPS) is 14.7. The van der Waals surface area contributed by atoms with Crippen LogP contribution < -0.4 is 5.32 Å². The minimum atomic E-state index is -4.56. The number of nitrogens with one attached hydrogen (secondary N) is 1. The second-order valence-electron chi connectivity index (χ2n) is 6.04. The van der Waals surface area contributed by atoms with E-state index in [1.165, 1.54) is 18.2 Å². The highest BCUT2D eigenvalue weighted by Gasteiger charge is 2.34. The molecule has 25 heavy (non-hydrogen) atoms. The number of carbonyl (C=O) groups is 1. The maximum atomic E-state index is 13.0. The Bertz CT molecular complexity index is 755. The van der Waals surface area contributed by atoms with Crippen LogP contribution in [0.4, 0.5) is 13.2 Å². The fourth-order valence-corrected chi connectivity index (χ4v) is 3.04. The summed E-state index contributed by atoms with van der Waals surface area (Å²) in [6, 6.07) is 4.78. The van der Waals surface area contributed by atoms with Crippen molar-refractivity contribution in [1.29, 1.82) is 0 Å². The number of benzene rings is 1. The zero-order valence-corrected chi connectivity index (χ0v) is 13.6. The number of hydrogen-bond acceptors (Lipinski definition) is 3. The van der Waals surface area contributed by atoms with Crippen LogP contribution in [-0.2, 0) is 25.6 Å². The molecule has 0 radical (unpaired) electrons. The van der Waals surface area contributed by atoms with Crippen molar-refractivity contribution in [3.8, 4) is 0 Å². The number of aryl methyl sites for hydroxylation is 1. The fourth-order valence-electron chi connectivity index (χ4n) is 3.04. The first kappa shape index (κ1) is 17.4. The highest BCUT2D eigenvalue weighted by molar-refractivity contribution is 5.95. The van der Waals surface area contributed by atoms with Crippen LogP contribution in [0, 0.1) is 0 Å². The first-order valence-electron chi connectivity index (χ1n) is 8.32. The number of rotatable bonds is 4. The summed E-state index contributed by atoms with van der Waals surface area (Å²) in [4.78, 5) is 12.1. The molecule has 2 aromatic rings. The third-order valence-corrected chi connectivity index (χ3v) is 4.30. The van der Waals surface area contributed by atoms with Crippen molar-refractivity contribution in [1.82, 2.24) is 20.1 Å². The van der Waals surface area contributed by atoms with Gasteiger partial charge in [0.25, 0.3) is 5.91 Å². The standard InChI is InChI=1S/C17H19F3N4O/c18-17(19,20)13-7-4-3-6-12(13)16(25)21-10-9-15-23-22-14-8-2-1-5-11-24(14)15/h3-4,6-7H,1-2,5,8-11H2,(H,21,25). The van der Waals surface area contributed by atoms with Crippen LogP contribution in [-0.4, -0.2) is 27.2 Å². The quantitative estimate of drug-likeness (QED) is 0.920. The van der Waals surface area contributed by atoms with E-state index in [0.29, 0.717) is 6.42 Å². The first-order valence-corrected chi connectivity index (χ1v) is 8.32. The minimum absolute atomic E-state index is 0.211. The summed E-state index contributed by atoms with van der Waals surface area (Å²) in [6.45, 7) is 1.06. The third-order valence-electron chi connectivity index (χ3n) is 4.30. The van der Waals surface area contributed by atoms with Crippen LogP contribution in [0.2, 0.25) is 0 Å². The Balaban J connectivity index is 1.64. The highest BCUT2D eigenvalue weighted by atomic mass is 19.4. The SMILES string of the molecule is O=C(NCCc1nnc2n1CCCCC2)c1ccccc1C(F)(F)F. The molecule has 1 amide bonds. The van der Waals surface area contributed by atoms with Crippen LogP contribution >= 0.6 is 0 Å². The van der Waals surface area contributed by atoms with Gasteiger partial charge in [0.2, 0.25) is 0 Å². The molecule has 0 unspecified atom stereocenters. The number of alkyl halides is 3. The molecule has 1 aromatic heterocycles. The molecule has 5 nitrogen and oxygen atoms in total. The maximum absolute atomic E-state index is 13.0. The Labute approximate surface area is 143 Å². The van der Waals surface area contributed by atoms with Crippen LogP contribution in [0.15, 0.2) is 24.3 Å². The molecule has 0 bridgehead atoms. The second-order valence-corrected chi connectivity index (χ2v) is 6.04. The topological polar surface area (TPSA) is 59.8 Å². The van der Waals surface area contributed by atoms with Crippen molar-refractivity contribution in [2.24, 2.45) is 0 Å². The van der Waals surface area contributed by atoms with Crippen LogP contribution in [0.25, 0.3) is 0 Å². The molecule has 0 fully saturated rings. The number of hydrogen-bond donors (Lipinski definition) is 1. The lowest BCUT2D eigenvalue weighted by Gasteiger charge is -2.12. The molecule has 0 spiro atoms. The van der Waals surface area contributed by atoms with Gasteiger partial charge in [-0.15, -0.1) is 10.2 Å². The molecule has 0 saturated heterocycles. The Kier molecular flexibility index (Phi) is 5.06. The van der Waals surface area contributed by atoms with Gasteiger partial charge in [0.05, 0.1) is 11.1 Å². The molecule has 1 aliphatic heterocycles. The molecule has 1 N–H and O–H groups in total. The highest BCUT2D eigenvalue weighted by Crippen LogP contribution is 2.31. The Morgan fingerprint density at radius 1 is 1.16 bits per heavy atom. The van der Waals surface area contributed by atoms with Gasteiger partial charge in [0, 0.05) is 25.9 Å². The Morgan fingerprint density at radius 2 is 1.96 bits per heavy atom. The van der Waals surface area contributed by atoms with E-state index in [1.807, 2.05) is 0 Å². The molecule has 134 valence electrons. The zero-order chi connectivity index (χ0) is 17.9. The number of carbonyl (C=O) groups excluding carboxylic acids is 1. The molecule has 1 aliphatic rings. The Morgan fingerprint density at radius 3 is 2.76 bits per heavy atom. The molecular formula is C17H19F3N4O. The molecule has 3 rings (SSSR count). The summed E-state index contributed by atoms with van der Waals surface area (Å²) in [5, 5.41) is 10.9. The summed E-state index contributed by atoms with van der Waals surface area (Å²) in [5.74, 6) is 0.978. The van der Waals surface area contributed by atoms with Crippen molar-refractivity contribution in [3.63, 3.8) is 0 Å². The monoisotopic (exact) mass is 352 g/mol. The third kappa shape index (κ3) is 4.00. The van der Waals surface area contributed by atoms with Gasteiger partial charge < -0.3 is 9.88 Å². The molecule has 0 aliphatic carbocycles. The first-order chi connectivity index (χ1) is 12.0. The lowest BCUT2D eigenvalue weighted by atomic mass is 10.1. The lowest BCUT2D eigenvalue weighted by molar-refractivity contribution is -0.137. The predicted octanol–water partition coefficient (Wildman–Crippen LogP) is 3.00. The van der Waals surface area contributed by atoms with Crippen molar-refractivity contribution in [2.75, 3.05) is 6.54 Å². The van der Waals surface area contributed by atoms with E-state index in [-0.39, 0.29) is 12.1 Å². The number of halogens is 3. The number of nitrogens with zero attached hydrogens (tertiary/aromatic N) is 3. The summed E-state index contributed by atoms with van der Waals surface area (Å²) in [7, 11) is 0. The van der Waals surface area contributed by atoms with Crippen molar-refractivity contribution in [2.45, 2.75) is 44.8 Å². The molecular weight excluding hydrogens is 333 g/mol. The number of aromatic nitrogens is 3. The van der Waals surface area contributed by atoms with Crippen LogP contribution in [0.1, 0.15) is 46.8 Å². The van der Waals surface area contributed by atoms with Crippen molar-refractivity contribution >= 4 is 5.91 Å². The largest absolute Gasteiger partial charge is 0.417 e. The second kappa shape index (κ2) is 7.25. The average Bonchev–Trinajstić information content (AvgIpc) is 2.81. The van der Waals surface area contributed by atoms with Crippen LogP contribution in [0.5, 0.6) is 0 Å². The molecule has 0 atom stereocenters. The number of amides is 1. The van der Waals surface area contributed by atoms with Gasteiger partial charge in [0.1, 0.15) is 11.6 Å². The molecule has 1 aromatic carbocycles. The zero-order valence-electron chi connectivity index (χ0n) is 13.6. The van der Waals surface area contributed by atoms with E-state index >= 15 is 0 Å². The van der Waals surface area contributed by atoms with E-state index in [0.717, 1.165) is 49.9 Å². The minimum Gasteiger partial charge on any atom is -0.352 e. The van der Waals surface area contributed by atoms with Crippen molar-refractivity contribution < 1.29 is 18.0 Å². The van der Waals surface area contributed by atoms with Crippen LogP contribution in [0.3, 0.4) is 0 Å². The summed E-state index contributed by atoms with van der Waals surface area (Å²) < 4.78 is 41.0. The van der Waals surface area contributed by atoms with E-state index in [4.69, 9.17) is 0 Å². The summed E-state index contributed by atoms with van der Waals surface area (Å²) >= 11 is 0. The Hall–Kier alpha value is -2.38. The molecule has 2 heterocycles.